The standard InChI is InChI=1S/C7H13N3O/c8-7(11)10-5-1-2-6(10)4-9-3-5/h5-6,9H,1-4H2,(H2,8,11). The summed E-state index contributed by atoms with van der Waals surface area (Å²) in [5, 5.41) is 3.28. The van der Waals surface area contributed by atoms with Crippen molar-refractivity contribution < 1.29 is 4.79 Å². The van der Waals surface area contributed by atoms with Crippen molar-refractivity contribution in [1.82, 2.24) is 10.2 Å². The molecule has 0 spiro atoms. The molecule has 0 saturated carbocycles. The lowest BCUT2D eigenvalue weighted by Crippen LogP contribution is -2.55. The number of hydrogen-bond acceptors (Lipinski definition) is 2. The summed E-state index contributed by atoms with van der Waals surface area (Å²) < 4.78 is 0. The van der Waals surface area contributed by atoms with Gasteiger partial charge in [-0.25, -0.2) is 4.79 Å². The zero-order valence-electron chi connectivity index (χ0n) is 6.42. The van der Waals surface area contributed by atoms with Crippen LogP contribution in [0.1, 0.15) is 12.8 Å². The van der Waals surface area contributed by atoms with Crippen LogP contribution in [-0.2, 0) is 0 Å². The summed E-state index contributed by atoms with van der Waals surface area (Å²) in [5.41, 5.74) is 5.25. The number of carbonyl (C=O) groups excluding carboxylic acids is 1. The number of piperazine rings is 1. The first-order chi connectivity index (χ1) is 5.29. The van der Waals surface area contributed by atoms with Gasteiger partial charge in [-0.15, -0.1) is 0 Å². The van der Waals surface area contributed by atoms with Crippen LogP contribution in [0.25, 0.3) is 0 Å². The van der Waals surface area contributed by atoms with Crippen LogP contribution in [0.3, 0.4) is 0 Å². The van der Waals surface area contributed by atoms with E-state index in [9.17, 15) is 4.79 Å². The molecule has 62 valence electrons. The molecule has 2 heterocycles. The second kappa shape index (κ2) is 2.37. The second-order valence-corrected chi connectivity index (χ2v) is 3.29. The van der Waals surface area contributed by atoms with Crippen LogP contribution >= 0.6 is 0 Å². The summed E-state index contributed by atoms with van der Waals surface area (Å²) in [4.78, 5) is 12.8. The van der Waals surface area contributed by atoms with Gasteiger partial charge < -0.3 is 16.0 Å². The zero-order chi connectivity index (χ0) is 7.84. The molecule has 3 N–H and O–H groups in total. The van der Waals surface area contributed by atoms with Crippen molar-refractivity contribution in [3.63, 3.8) is 0 Å². The van der Waals surface area contributed by atoms with Crippen molar-refractivity contribution in [1.29, 1.82) is 0 Å². The molecular formula is C7H13N3O. The Morgan fingerprint density at radius 2 is 1.91 bits per heavy atom. The fourth-order valence-corrected chi connectivity index (χ4v) is 2.14. The summed E-state index contributed by atoms with van der Waals surface area (Å²) in [6.45, 7) is 1.83. The van der Waals surface area contributed by atoms with E-state index in [0.29, 0.717) is 12.1 Å². The van der Waals surface area contributed by atoms with Gasteiger partial charge in [0.15, 0.2) is 0 Å². The van der Waals surface area contributed by atoms with E-state index in [1.807, 2.05) is 4.90 Å². The van der Waals surface area contributed by atoms with Crippen molar-refractivity contribution in [3.05, 3.63) is 0 Å². The number of hydrogen-bond donors (Lipinski definition) is 2. The van der Waals surface area contributed by atoms with Crippen LogP contribution in [-0.4, -0.2) is 36.1 Å². The molecule has 0 aliphatic carbocycles. The Hall–Kier alpha value is -0.770. The van der Waals surface area contributed by atoms with E-state index in [-0.39, 0.29) is 6.03 Å². The topological polar surface area (TPSA) is 58.4 Å². The molecule has 0 aromatic carbocycles. The fourth-order valence-electron chi connectivity index (χ4n) is 2.14. The third-order valence-corrected chi connectivity index (χ3v) is 2.63. The highest BCUT2D eigenvalue weighted by Crippen LogP contribution is 2.25. The molecule has 2 saturated heterocycles. The maximum absolute atomic E-state index is 10.9. The lowest BCUT2D eigenvalue weighted by molar-refractivity contribution is 0.163. The van der Waals surface area contributed by atoms with Crippen molar-refractivity contribution in [2.45, 2.75) is 24.9 Å². The van der Waals surface area contributed by atoms with E-state index >= 15 is 0 Å². The van der Waals surface area contributed by atoms with Crippen molar-refractivity contribution in [2.24, 2.45) is 5.73 Å². The molecule has 2 amide bonds. The Kier molecular flexibility index (Phi) is 1.49. The average Bonchev–Trinajstić information content (AvgIpc) is 2.23. The molecule has 2 aliphatic heterocycles. The largest absolute Gasteiger partial charge is 0.351 e. The predicted molar refractivity (Wildman–Crippen MR) is 41.1 cm³/mol. The molecule has 2 rings (SSSR count). The monoisotopic (exact) mass is 155 g/mol. The van der Waals surface area contributed by atoms with Gasteiger partial charge in [-0.3, -0.25) is 0 Å². The number of nitrogens with two attached hydrogens (primary N) is 1. The van der Waals surface area contributed by atoms with Gasteiger partial charge in [0.25, 0.3) is 0 Å². The van der Waals surface area contributed by atoms with E-state index in [4.69, 9.17) is 5.73 Å². The van der Waals surface area contributed by atoms with Gasteiger partial charge in [0.2, 0.25) is 0 Å². The summed E-state index contributed by atoms with van der Waals surface area (Å²) in [6, 6.07) is 0.483. The van der Waals surface area contributed by atoms with E-state index in [1.165, 1.54) is 0 Å². The van der Waals surface area contributed by atoms with Crippen LogP contribution in [0, 0.1) is 0 Å². The lowest BCUT2D eigenvalue weighted by Gasteiger charge is -2.33. The molecule has 0 radical (unpaired) electrons. The lowest BCUT2D eigenvalue weighted by atomic mass is 10.2. The Morgan fingerprint density at radius 1 is 1.36 bits per heavy atom. The molecular weight excluding hydrogens is 142 g/mol. The first-order valence-electron chi connectivity index (χ1n) is 4.07. The second-order valence-electron chi connectivity index (χ2n) is 3.29. The minimum Gasteiger partial charge on any atom is -0.351 e. The van der Waals surface area contributed by atoms with Crippen LogP contribution in [0.4, 0.5) is 4.79 Å². The van der Waals surface area contributed by atoms with Crippen molar-refractivity contribution in [2.75, 3.05) is 13.1 Å². The number of fused-ring (bicyclic) bond motifs is 2. The maximum atomic E-state index is 10.9. The number of carbonyl (C=O) groups is 1. The highest BCUT2D eigenvalue weighted by atomic mass is 16.2. The number of nitrogens with one attached hydrogen (secondary N) is 1. The van der Waals surface area contributed by atoms with Crippen LogP contribution in [0.15, 0.2) is 0 Å². The molecule has 4 nitrogen and oxygen atoms in total. The van der Waals surface area contributed by atoms with Gasteiger partial charge >= 0.3 is 6.03 Å². The average molecular weight is 155 g/mol. The van der Waals surface area contributed by atoms with Gasteiger partial charge in [0.05, 0.1) is 0 Å². The summed E-state index contributed by atoms with van der Waals surface area (Å²) in [6.07, 6.45) is 2.22. The molecule has 2 bridgehead atoms. The van der Waals surface area contributed by atoms with Gasteiger partial charge in [0, 0.05) is 25.2 Å². The first-order valence-corrected chi connectivity index (χ1v) is 4.07. The van der Waals surface area contributed by atoms with Gasteiger partial charge in [-0.2, -0.15) is 0 Å². The Balaban J connectivity index is 2.15. The van der Waals surface area contributed by atoms with E-state index in [0.717, 1.165) is 25.9 Å². The molecule has 2 fully saturated rings. The molecule has 0 aromatic heterocycles. The van der Waals surface area contributed by atoms with Gasteiger partial charge in [-0.05, 0) is 12.8 Å². The van der Waals surface area contributed by atoms with Crippen molar-refractivity contribution in [3.8, 4) is 0 Å². The number of amides is 2. The van der Waals surface area contributed by atoms with Crippen LogP contribution < -0.4 is 11.1 Å². The Bertz CT molecular complexity index is 167. The number of rotatable bonds is 0. The summed E-state index contributed by atoms with van der Waals surface area (Å²) in [5.74, 6) is 0. The highest BCUT2D eigenvalue weighted by Gasteiger charge is 2.38. The summed E-state index contributed by atoms with van der Waals surface area (Å²) >= 11 is 0. The third kappa shape index (κ3) is 0.976. The SMILES string of the molecule is NC(=O)N1C2CCC1CNC2. The van der Waals surface area contributed by atoms with Crippen molar-refractivity contribution >= 4 is 6.03 Å². The van der Waals surface area contributed by atoms with Crippen LogP contribution in [0.5, 0.6) is 0 Å². The summed E-state index contributed by atoms with van der Waals surface area (Å²) in [7, 11) is 0. The minimum atomic E-state index is -0.251. The molecule has 0 aromatic rings. The molecule has 2 unspecified atom stereocenters. The van der Waals surface area contributed by atoms with E-state index in [1.54, 1.807) is 0 Å². The zero-order valence-corrected chi connectivity index (χ0v) is 6.42. The highest BCUT2D eigenvalue weighted by molar-refractivity contribution is 5.73. The number of urea groups is 1. The fraction of sp³-hybridized carbons (Fsp3) is 0.857. The molecule has 11 heavy (non-hydrogen) atoms. The third-order valence-electron chi connectivity index (χ3n) is 2.63. The predicted octanol–water partition coefficient (Wildman–Crippen LogP) is -0.499. The number of nitrogens with zero attached hydrogens (tertiary/aromatic N) is 1. The molecule has 2 atom stereocenters. The quantitative estimate of drug-likeness (QED) is 0.495. The van der Waals surface area contributed by atoms with Gasteiger partial charge in [0.1, 0.15) is 0 Å². The molecule has 4 heteroatoms. The van der Waals surface area contributed by atoms with Gasteiger partial charge in [-0.1, -0.05) is 0 Å². The first kappa shape index (κ1) is 6.91. The Morgan fingerprint density at radius 3 is 2.27 bits per heavy atom. The maximum Gasteiger partial charge on any atom is 0.315 e. The number of primary amides is 1. The minimum absolute atomic E-state index is 0.251. The van der Waals surface area contributed by atoms with E-state index in [2.05, 4.69) is 5.32 Å². The normalized spacial score (nSPS) is 35.8. The van der Waals surface area contributed by atoms with E-state index < -0.39 is 0 Å². The molecule has 2 aliphatic rings. The van der Waals surface area contributed by atoms with Crippen LogP contribution in [0.2, 0.25) is 0 Å². The Labute approximate surface area is 65.7 Å². The smallest absolute Gasteiger partial charge is 0.315 e.